The Balaban J connectivity index is 2.28. The van der Waals surface area contributed by atoms with E-state index in [4.69, 9.17) is 0 Å². The smallest absolute Gasteiger partial charge is 0.155 e. The zero-order chi connectivity index (χ0) is 9.47. The quantitative estimate of drug-likeness (QED) is 0.648. The van der Waals surface area contributed by atoms with Gasteiger partial charge in [-0.05, 0) is 0 Å². The molecule has 1 fully saturated rings. The summed E-state index contributed by atoms with van der Waals surface area (Å²) in [5, 5.41) is 9.47. The molecule has 6 heteroatoms. The summed E-state index contributed by atoms with van der Waals surface area (Å²) in [4.78, 5) is 3.81. The molecule has 1 aliphatic rings. The summed E-state index contributed by atoms with van der Waals surface area (Å²) in [5.74, 6) is -0.139. The number of hydrogen-bond donors (Lipinski definition) is 1. The Morgan fingerprint density at radius 3 is 2.69 bits per heavy atom. The molecule has 2 rings (SSSR count). The van der Waals surface area contributed by atoms with E-state index in [1.165, 1.54) is 6.33 Å². The molecule has 0 aliphatic carbocycles. The highest BCUT2D eigenvalue weighted by molar-refractivity contribution is 7.91. The molecule has 1 saturated heterocycles. The number of aliphatic hydroxyl groups excluding tert-OH is 1. The first-order valence-electron chi connectivity index (χ1n) is 3.94. The van der Waals surface area contributed by atoms with E-state index < -0.39 is 15.9 Å². The van der Waals surface area contributed by atoms with Crippen molar-refractivity contribution in [3.63, 3.8) is 0 Å². The first-order valence-corrected chi connectivity index (χ1v) is 5.76. The van der Waals surface area contributed by atoms with Crippen molar-refractivity contribution < 1.29 is 13.5 Å². The average Bonchev–Trinajstić information content (AvgIpc) is 2.56. The van der Waals surface area contributed by atoms with Gasteiger partial charge >= 0.3 is 0 Å². The van der Waals surface area contributed by atoms with Crippen molar-refractivity contribution in [2.45, 2.75) is 12.1 Å². The number of aliphatic hydroxyl groups is 1. The molecule has 72 valence electrons. The maximum atomic E-state index is 11.2. The summed E-state index contributed by atoms with van der Waals surface area (Å²) >= 11 is 0. The van der Waals surface area contributed by atoms with Crippen LogP contribution in [0.1, 0.15) is 6.04 Å². The van der Waals surface area contributed by atoms with Crippen LogP contribution in [0.5, 0.6) is 0 Å². The molecule has 0 amide bonds. The van der Waals surface area contributed by atoms with E-state index in [-0.39, 0.29) is 17.5 Å². The fraction of sp³-hybridized carbons (Fsp3) is 0.571. The highest BCUT2D eigenvalue weighted by Crippen LogP contribution is 2.23. The van der Waals surface area contributed by atoms with Gasteiger partial charge in [0.25, 0.3) is 0 Å². The Hall–Kier alpha value is -0.880. The highest BCUT2D eigenvalue weighted by Gasteiger charge is 2.37. The van der Waals surface area contributed by atoms with Gasteiger partial charge in [-0.25, -0.2) is 13.4 Å². The van der Waals surface area contributed by atoms with Crippen molar-refractivity contribution in [3.05, 3.63) is 18.7 Å². The SMILES string of the molecule is O=S1(=O)CC(n2ccnc2)[C@H](O)C1. The first kappa shape index (κ1) is 8.71. The summed E-state index contributed by atoms with van der Waals surface area (Å²) in [6.07, 6.45) is 3.94. The van der Waals surface area contributed by atoms with Crippen LogP contribution in [0.25, 0.3) is 0 Å². The summed E-state index contributed by atoms with van der Waals surface area (Å²) in [6, 6.07) is -0.368. The standard InChI is InChI=1S/C7H10N2O3S/c10-7-4-13(11,12)3-6(7)9-2-1-8-5-9/h1-2,5-7,10H,3-4H2/t6?,7-/m1/s1. The maximum absolute atomic E-state index is 11.2. The van der Waals surface area contributed by atoms with Crippen molar-refractivity contribution in [1.29, 1.82) is 0 Å². The van der Waals surface area contributed by atoms with Crippen LogP contribution in [-0.2, 0) is 9.84 Å². The third-order valence-electron chi connectivity index (χ3n) is 2.20. The lowest BCUT2D eigenvalue weighted by molar-refractivity contribution is 0.153. The number of sulfone groups is 1. The number of imidazole rings is 1. The molecule has 1 aliphatic heterocycles. The van der Waals surface area contributed by atoms with Crippen molar-refractivity contribution in [1.82, 2.24) is 9.55 Å². The van der Waals surface area contributed by atoms with Crippen LogP contribution in [-0.4, -0.2) is 40.7 Å². The maximum Gasteiger partial charge on any atom is 0.155 e. The molecule has 1 N–H and O–H groups in total. The molecule has 0 spiro atoms. The van der Waals surface area contributed by atoms with Gasteiger partial charge in [-0.2, -0.15) is 0 Å². The molecule has 1 unspecified atom stereocenters. The van der Waals surface area contributed by atoms with E-state index in [1.807, 2.05) is 0 Å². The van der Waals surface area contributed by atoms with Crippen LogP contribution in [0.3, 0.4) is 0 Å². The normalized spacial score (nSPS) is 32.1. The third kappa shape index (κ3) is 1.59. The van der Waals surface area contributed by atoms with Crippen molar-refractivity contribution in [3.8, 4) is 0 Å². The van der Waals surface area contributed by atoms with Crippen LogP contribution in [0.15, 0.2) is 18.7 Å². The van der Waals surface area contributed by atoms with Crippen LogP contribution < -0.4 is 0 Å². The fourth-order valence-corrected chi connectivity index (χ4v) is 3.35. The molecule has 0 radical (unpaired) electrons. The van der Waals surface area contributed by atoms with Gasteiger partial charge in [-0.15, -0.1) is 0 Å². The van der Waals surface area contributed by atoms with E-state index in [9.17, 15) is 13.5 Å². The van der Waals surface area contributed by atoms with Gasteiger partial charge in [0.15, 0.2) is 9.84 Å². The van der Waals surface area contributed by atoms with E-state index >= 15 is 0 Å². The van der Waals surface area contributed by atoms with Gasteiger partial charge in [0, 0.05) is 12.4 Å². The zero-order valence-corrected chi connectivity index (χ0v) is 7.68. The van der Waals surface area contributed by atoms with Crippen LogP contribution in [0, 0.1) is 0 Å². The van der Waals surface area contributed by atoms with Gasteiger partial charge in [0.2, 0.25) is 0 Å². The second-order valence-corrected chi connectivity index (χ2v) is 5.38. The topological polar surface area (TPSA) is 72.2 Å². The summed E-state index contributed by atoms with van der Waals surface area (Å²) in [6.45, 7) is 0. The predicted molar refractivity (Wildman–Crippen MR) is 45.9 cm³/mol. The molecular weight excluding hydrogens is 192 g/mol. The van der Waals surface area contributed by atoms with Gasteiger partial charge in [0.05, 0.1) is 30.0 Å². The van der Waals surface area contributed by atoms with Gasteiger partial charge < -0.3 is 9.67 Å². The highest BCUT2D eigenvalue weighted by atomic mass is 32.2. The third-order valence-corrected chi connectivity index (χ3v) is 3.90. The van der Waals surface area contributed by atoms with E-state index in [2.05, 4.69) is 4.98 Å². The number of nitrogens with zero attached hydrogens (tertiary/aromatic N) is 2. The molecule has 0 bridgehead atoms. The molecule has 0 aromatic carbocycles. The minimum Gasteiger partial charge on any atom is -0.390 e. The predicted octanol–water partition coefficient (Wildman–Crippen LogP) is -0.786. The molecule has 13 heavy (non-hydrogen) atoms. The second-order valence-electron chi connectivity index (χ2n) is 3.22. The van der Waals surface area contributed by atoms with Crippen LogP contribution in [0.2, 0.25) is 0 Å². The lowest BCUT2D eigenvalue weighted by atomic mass is 10.2. The molecule has 1 aromatic heterocycles. The number of aromatic nitrogens is 2. The van der Waals surface area contributed by atoms with Gasteiger partial charge in [-0.3, -0.25) is 0 Å². The van der Waals surface area contributed by atoms with Crippen LogP contribution in [0.4, 0.5) is 0 Å². The summed E-state index contributed by atoms with van der Waals surface area (Å²) in [5.41, 5.74) is 0. The molecule has 1 aromatic rings. The minimum absolute atomic E-state index is 0.00449. The Labute approximate surface area is 75.9 Å². The zero-order valence-electron chi connectivity index (χ0n) is 6.87. The van der Waals surface area contributed by atoms with E-state index in [0.29, 0.717) is 0 Å². The monoisotopic (exact) mass is 202 g/mol. The first-order chi connectivity index (χ1) is 6.08. The summed E-state index contributed by atoms with van der Waals surface area (Å²) in [7, 11) is -3.07. The van der Waals surface area contributed by atoms with Crippen molar-refractivity contribution in [2.24, 2.45) is 0 Å². The Kier molecular flexibility index (Phi) is 1.88. The van der Waals surface area contributed by atoms with Gasteiger partial charge in [-0.1, -0.05) is 0 Å². The van der Waals surface area contributed by atoms with Crippen molar-refractivity contribution >= 4 is 9.84 Å². The Morgan fingerprint density at radius 2 is 2.23 bits per heavy atom. The summed E-state index contributed by atoms with van der Waals surface area (Å²) < 4.78 is 23.9. The Bertz CT molecular complexity index is 384. The number of hydrogen-bond acceptors (Lipinski definition) is 4. The number of rotatable bonds is 1. The van der Waals surface area contributed by atoms with Gasteiger partial charge in [0.1, 0.15) is 0 Å². The fourth-order valence-electron chi connectivity index (χ4n) is 1.56. The van der Waals surface area contributed by atoms with Crippen LogP contribution >= 0.6 is 0 Å². The molecular formula is C7H10N2O3S. The average molecular weight is 202 g/mol. The van der Waals surface area contributed by atoms with E-state index in [1.54, 1.807) is 17.0 Å². The molecule has 2 heterocycles. The minimum atomic E-state index is -3.07. The largest absolute Gasteiger partial charge is 0.390 e. The molecule has 0 saturated carbocycles. The van der Waals surface area contributed by atoms with Crippen molar-refractivity contribution in [2.75, 3.05) is 11.5 Å². The lowest BCUT2D eigenvalue weighted by Crippen LogP contribution is -2.20. The lowest BCUT2D eigenvalue weighted by Gasteiger charge is -2.13. The van der Waals surface area contributed by atoms with E-state index in [0.717, 1.165) is 0 Å². The Morgan fingerprint density at radius 1 is 1.46 bits per heavy atom. The molecule has 5 nitrogen and oxygen atoms in total. The molecule has 2 atom stereocenters. The second kappa shape index (κ2) is 2.81.